The van der Waals surface area contributed by atoms with Crippen LogP contribution in [0.4, 0.5) is 4.79 Å². The molecule has 2 saturated heterocycles. The molecule has 5 heteroatoms. The van der Waals surface area contributed by atoms with E-state index < -0.39 is 0 Å². The number of ether oxygens (including phenoxy) is 2. The van der Waals surface area contributed by atoms with Gasteiger partial charge in [0.25, 0.3) is 0 Å². The molecule has 2 aliphatic rings. The first-order valence-corrected chi connectivity index (χ1v) is 8.13. The van der Waals surface area contributed by atoms with E-state index in [-0.39, 0.29) is 18.2 Å². The molecule has 0 bridgehead atoms. The number of carbonyl (C=O) groups is 1. The number of rotatable bonds is 5. The van der Waals surface area contributed by atoms with Gasteiger partial charge in [0.15, 0.2) is 0 Å². The molecule has 3 rings (SSSR count). The highest BCUT2D eigenvalue weighted by Gasteiger charge is 2.29. The van der Waals surface area contributed by atoms with E-state index in [1.165, 1.54) is 5.56 Å². The van der Waals surface area contributed by atoms with Gasteiger partial charge in [-0.1, -0.05) is 30.3 Å². The number of carbonyl (C=O) groups excluding carboxylic acids is 1. The van der Waals surface area contributed by atoms with Crippen LogP contribution in [0.25, 0.3) is 0 Å². The summed E-state index contributed by atoms with van der Waals surface area (Å²) >= 11 is 0. The third kappa shape index (κ3) is 3.99. The minimum absolute atomic E-state index is 0.0830. The Hall–Kier alpha value is -1.59. The number of benzene rings is 1. The van der Waals surface area contributed by atoms with Gasteiger partial charge in [0.05, 0.1) is 12.2 Å². The molecule has 2 amide bonds. The van der Waals surface area contributed by atoms with Crippen molar-refractivity contribution in [2.24, 2.45) is 5.92 Å². The molecular weight excluding hydrogens is 280 g/mol. The maximum absolute atomic E-state index is 11.9. The van der Waals surface area contributed by atoms with Gasteiger partial charge in [-0.15, -0.1) is 0 Å². The summed E-state index contributed by atoms with van der Waals surface area (Å²) in [6, 6.07) is 10.1. The number of nitrogens with one attached hydrogen (secondary N) is 2. The summed E-state index contributed by atoms with van der Waals surface area (Å²) in [5.74, 6) is 0.330. The number of hydrogen-bond acceptors (Lipinski definition) is 3. The molecule has 1 aromatic rings. The van der Waals surface area contributed by atoms with Gasteiger partial charge in [0.2, 0.25) is 0 Å². The molecular formula is C17H24N2O3. The van der Waals surface area contributed by atoms with E-state index in [1.807, 2.05) is 18.2 Å². The molecule has 2 heterocycles. The van der Waals surface area contributed by atoms with Crippen molar-refractivity contribution in [1.82, 2.24) is 10.6 Å². The third-order valence-corrected chi connectivity index (χ3v) is 4.38. The van der Waals surface area contributed by atoms with Crippen LogP contribution in [0.3, 0.4) is 0 Å². The average Bonchev–Trinajstić information content (AvgIpc) is 3.23. The fourth-order valence-electron chi connectivity index (χ4n) is 3.15. The smallest absolute Gasteiger partial charge is 0.314 e. The predicted octanol–water partition coefficient (Wildman–Crippen LogP) is 2.24. The van der Waals surface area contributed by atoms with Crippen LogP contribution in [-0.2, 0) is 9.47 Å². The normalized spacial score (nSPS) is 27.7. The second-order valence-electron chi connectivity index (χ2n) is 5.98. The Balaban J connectivity index is 1.43. The highest BCUT2D eigenvalue weighted by Crippen LogP contribution is 2.33. The summed E-state index contributed by atoms with van der Waals surface area (Å²) < 4.78 is 11.3. The van der Waals surface area contributed by atoms with Crippen molar-refractivity contribution in [3.05, 3.63) is 35.9 Å². The average molecular weight is 304 g/mol. The molecule has 2 aliphatic heterocycles. The Kier molecular flexibility index (Phi) is 5.29. The summed E-state index contributed by atoms with van der Waals surface area (Å²) in [6.45, 7) is 2.79. The van der Waals surface area contributed by atoms with Crippen LogP contribution in [-0.4, -0.2) is 38.4 Å². The summed E-state index contributed by atoms with van der Waals surface area (Å²) in [6.07, 6.45) is 3.36. The molecule has 0 saturated carbocycles. The summed E-state index contributed by atoms with van der Waals surface area (Å²) in [7, 11) is 0. The SMILES string of the molecule is O=C(NC[C@@H]1CCCO1)NC[C@H]1CCO[C@@H]1c1ccccc1. The molecule has 0 aromatic heterocycles. The molecule has 120 valence electrons. The van der Waals surface area contributed by atoms with Gasteiger partial charge in [0.1, 0.15) is 0 Å². The minimum Gasteiger partial charge on any atom is -0.376 e. The van der Waals surface area contributed by atoms with E-state index in [2.05, 4.69) is 22.8 Å². The van der Waals surface area contributed by atoms with E-state index in [1.54, 1.807) is 0 Å². The molecule has 0 unspecified atom stereocenters. The van der Waals surface area contributed by atoms with Gasteiger partial charge in [-0.25, -0.2) is 4.79 Å². The van der Waals surface area contributed by atoms with Crippen LogP contribution < -0.4 is 10.6 Å². The lowest BCUT2D eigenvalue weighted by molar-refractivity contribution is 0.0907. The molecule has 0 spiro atoms. The molecule has 2 N–H and O–H groups in total. The molecule has 5 nitrogen and oxygen atoms in total. The van der Waals surface area contributed by atoms with Crippen molar-refractivity contribution in [3.8, 4) is 0 Å². The Morgan fingerprint density at radius 1 is 1.05 bits per heavy atom. The first-order valence-electron chi connectivity index (χ1n) is 8.13. The Morgan fingerprint density at radius 2 is 1.86 bits per heavy atom. The largest absolute Gasteiger partial charge is 0.376 e. The van der Waals surface area contributed by atoms with Crippen LogP contribution in [0.2, 0.25) is 0 Å². The van der Waals surface area contributed by atoms with Gasteiger partial charge in [-0.3, -0.25) is 0 Å². The van der Waals surface area contributed by atoms with Crippen LogP contribution in [0, 0.1) is 5.92 Å². The van der Waals surface area contributed by atoms with Crippen molar-refractivity contribution in [1.29, 1.82) is 0 Å². The summed E-state index contributed by atoms with van der Waals surface area (Å²) in [5, 5.41) is 5.85. The molecule has 3 atom stereocenters. The van der Waals surface area contributed by atoms with E-state index in [0.29, 0.717) is 19.0 Å². The second-order valence-corrected chi connectivity index (χ2v) is 5.98. The highest BCUT2D eigenvalue weighted by atomic mass is 16.5. The molecule has 22 heavy (non-hydrogen) atoms. The van der Waals surface area contributed by atoms with E-state index >= 15 is 0 Å². The fourth-order valence-corrected chi connectivity index (χ4v) is 3.15. The topological polar surface area (TPSA) is 59.6 Å². The number of hydrogen-bond donors (Lipinski definition) is 2. The lowest BCUT2D eigenvalue weighted by Gasteiger charge is -2.20. The third-order valence-electron chi connectivity index (χ3n) is 4.38. The van der Waals surface area contributed by atoms with Crippen molar-refractivity contribution in [3.63, 3.8) is 0 Å². The summed E-state index contributed by atoms with van der Waals surface area (Å²) in [4.78, 5) is 11.9. The van der Waals surface area contributed by atoms with E-state index in [4.69, 9.17) is 9.47 Å². The van der Waals surface area contributed by atoms with Gasteiger partial charge in [-0.2, -0.15) is 0 Å². The fraction of sp³-hybridized carbons (Fsp3) is 0.588. The first kappa shape index (κ1) is 15.3. The van der Waals surface area contributed by atoms with E-state index in [0.717, 1.165) is 32.5 Å². The molecule has 1 aromatic carbocycles. The lowest BCUT2D eigenvalue weighted by Crippen LogP contribution is -2.41. The van der Waals surface area contributed by atoms with Crippen molar-refractivity contribution in [2.45, 2.75) is 31.5 Å². The van der Waals surface area contributed by atoms with E-state index in [9.17, 15) is 4.79 Å². The second kappa shape index (κ2) is 7.61. The van der Waals surface area contributed by atoms with Crippen LogP contribution >= 0.6 is 0 Å². The van der Waals surface area contributed by atoms with Gasteiger partial charge in [-0.05, 0) is 24.8 Å². The lowest BCUT2D eigenvalue weighted by atomic mass is 9.95. The number of amides is 2. The van der Waals surface area contributed by atoms with Gasteiger partial charge >= 0.3 is 6.03 Å². The molecule has 2 fully saturated rings. The Bertz CT molecular complexity index is 474. The van der Waals surface area contributed by atoms with Gasteiger partial charge < -0.3 is 20.1 Å². The highest BCUT2D eigenvalue weighted by molar-refractivity contribution is 5.73. The number of urea groups is 1. The zero-order valence-corrected chi connectivity index (χ0v) is 12.8. The van der Waals surface area contributed by atoms with Crippen molar-refractivity contribution < 1.29 is 14.3 Å². The maximum atomic E-state index is 11.9. The minimum atomic E-state index is -0.116. The zero-order valence-electron chi connectivity index (χ0n) is 12.8. The molecule has 0 aliphatic carbocycles. The maximum Gasteiger partial charge on any atom is 0.314 e. The quantitative estimate of drug-likeness (QED) is 0.877. The van der Waals surface area contributed by atoms with Crippen LogP contribution in [0.1, 0.15) is 30.9 Å². The summed E-state index contributed by atoms with van der Waals surface area (Å²) in [5.41, 5.74) is 1.19. The van der Waals surface area contributed by atoms with Crippen molar-refractivity contribution in [2.75, 3.05) is 26.3 Å². The molecule has 0 radical (unpaired) electrons. The zero-order chi connectivity index (χ0) is 15.2. The predicted molar refractivity (Wildman–Crippen MR) is 83.6 cm³/mol. The Morgan fingerprint density at radius 3 is 2.64 bits per heavy atom. The Labute approximate surface area is 131 Å². The van der Waals surface area contributed by atoms with Crippen LogP contribution in [0.5, 0.6) is 0 Å². The monoisotopic (exact) mass is 304 g/mol. The van der Waals surface area contributed by atoms with Crippen molar-refractivity contribution >= 4 is 6.03 Å². The standard InChI is InChI=1S/C17H24N2O3/c20-17(19-12-15-7-4-9-21-15)18-11-14-8-10-22-16(14)13-5-2-1-3-6-13/h1-3,5-6,14-16H,4,7-12H2,(H2,18,19,20)/t14-,15+,16-/m1/s1. The van der Waals surface area contributed by atoms with Gasteiger partial charge in [0, 0.05) is 32.2 Å². The van der Waals surface area contributed by atoms with Crippen LogP contribution in [0.15, 0.2) is 30.3 Å². The first-order chi connectivity index (χ1) is 10.8.